The van der Waals surface area contributed by atoms with Crippen molar-refractivity contribution < 1.29 is 9.53 Å². The van der Waals surface area contributed by atoms with Gasteiger partial charge in [-0.15, -0.1) is 0 Å². The third kappa shape index (κ3) is 3.04. The molecule has 1 heterocycles. The summed E-state index contributed by atoms with van der Waals surface area (Å²) in [5.74, 6) is 0.698. The molecule has 0 aliphatic carbocycles. The predicted molar refractivity (Wildman–Crippen MR) is 70.6 cm³/mol. The van der Waals surface area contributed by atoms with Gasteiger partial charge in [0.15, 0.2) is 5.78 Å². The van der Waals surface area contributed by atoms with E-state index in [1.807, 2.05) is 12.1 Å². The summed E-state index contributed by atoms with van der Waals surface area (Å²) in [6, 6.07) is 10.8. The topological polar surface area (TPSA) is 39.2 Å². The summed E-state index contributed by atoms with van der Waals surface area (Å²) < 4.78 is 5.04. The highest BCUT2D eigenvalue weighted by Crippen LogP contribution is 2.12. The number of allylic oxidation sites excluding steroid dienone is 1. The number of rotatable bonds is 4. The Hall–Kier alpha value is -2.42. The average molecular weight is 239 g/mol. The number of hydrogen-bond acceptors (Lipinski definition) is 3. The normalized spacial score (nSPS) is 10.5. The van der Waals surface area contributed by atoms with Gasteiger partial charge in [-0.25, -0.2) is 0 Å². The standard InChI is InChI=1S/C15H13NO2/c1-18-14-7-5-13(6-8-14)15(17)9-4-12-3-2-10-16-11-12/h2-11H,1H3/b9-4-. The molecule has 1 aromatic carbocycles. The number of aromatic nitrogens is 1. The van der Waals surface area contributed by atoms with Gasteiger partial charge in [0.1, 0.15) is 5.75 Å². The molecule has 90 valence electrons. The van der Waals surface area contributed by atoms with E-state index in [2.05, 4.69) is 4.98 Å². The van der Waals surface area contributed by atoms with Crippen LogP contribution in [0.3, 0.4) is 0 Å². The highest BCUT2D eigenvalue weighted by Gasteiger charge is 2.01. The van der Waals surface area contributed by atoms with Crippen molar-refractivity contribution in [2.24, 2.45) is 0 Å². The maximum Gasteiger partial charge on any atom is 0.185 e. The van der Waals surface area contributed by atoms with Crippen molar-refractivity contribution in [3.63, 3.8) is 0 Å². The van der Waals surface area contributed by atoms with E-state index in [0.29, 0.717) is 5.56 Å². The van der Waals surface area contributed by atoms with Crippen LogP contribution in [0.15, 0.2) is 54.9 Å². The van der Waals surface area contributed by atoms with Gasteiger partial charge in [0, 0.05) is 18.0 Å². The molecular weight excluding hydrogens is 226 g/mol. The zero-order valence-electron chi connectivity index (χ0n) is 10.0. The van der Waals surface area contributed by atoms with E-state index in [9.17, 15) is 4.79 Å². The van der Waals surface area contributed by atoms with Crippen molar-refractivity contribution in [1.29, 1.82) is 0 Å². The molecule has 0 bridgehead atoms. The van der Waals surface area contributed by atoms with Gasteiger partial charge in [0.25, 0.3) is 0 Å². The second kappa shape index (κ2) is 5.77. The van der Waals surface area contributed by atoms with Crippen LogP contribution in [0.25, 0.3) is 6.08 Å². The Labute approximate surface area is 106 Å². The first-order chi connectivity index (χ1) is 8.79. The van der Waals surface area contributed by atoms with E-state index in [1.54, 1.807) is 55.9 Å². The molecule has 0 saturated carbocycles. The minimum Gasteiger partial charge on any atom is -0.497 e. The Balaban J connectivity index is 2.09. The maximum atomic E-state index is 11.9. The quantitative estimate of drug-likeness (QED) is 0.608. The van der Waals surface area contributed by atoms with Gasteiger partial charge in [-0.3, -0.25) is 9.78 Å². The van der Waals surface area contributed by atoms with E-state index >= 15 is 0 Å². The molecule has 3 nitrogen and oxygen atoms in total. The average Bonchev–Trinajstić information content (AvgIpc) is 2.46. The smallest absolute Gasteiger partial charge is 0.185 e. The number of methoxy groups -OCH3 is 1. The van der Waals surface area contributed by atoms with Gasteiger partial charge >= 0.3 is 0 Å². The fraction of sp³-hybridized carbons (Fsp3) is 0.0667. The third-order valence-electron chi connectivity index (χ3n) is 2.49. The lowest BCUT2D eigenvalue weighted by Gasteiger charge is -2.00. The van der Waals surface area contributed by atoms with Gasteiger partial charge in [0.2, 0.25) is 0 Å². The van der Waals surface area contributed by atoms with Crippen LogP contribution in [0.2, 0.25) is 0 Å². The molecule has 1 aromatic heterocycles. The van der Waals surface area contributed by atoms with Crippen LogP contribution in [0.4, 0.5) is 0 Å². The van der Waals surface area contributed by atoms with Crippen LogP contribution in [0, 0.1) is 0 Å². The minimum atomic E-state index is -0.0403. The van der Waals surface area contributed by atoms with Crippen molar-refractivity contribution in [1.82, 2.24) is 4.98 Å². The van der Waals surface area contributed by atoms with Crippen LogP contribution in [0.1, 0.15) is 15.9 Å². The van der Waals surface area contributed by atoms with Crippen molar-refractivity contribution in [3.05, 3.63) is 66.0 Å². The minimum absolute atomic E-state index is 0.0403. The third-order valence-corrected chi connectivity index (χ3v) is 2.49. The largest absolute Gasteiger partial charge is 0.497 e. The first-order valence-electron chi connectivity index (χ1n) is 5.56. The van der Waals surface area contributed by atoms with E-state index < -0.39 is 0 Å². The number of pyridine rings is 1. The molecule has 0 atom stereocenters. The Bertz CT molecular complexity index is 544. The number of benzene rings is 1. The number of carbonyl (C=O) groups is 1. The number of carbonyl (C=O) groups excluding carboxylic acids is 1. The maximum absolute atomic E-state index is 11.9. The fourth-order valence-corrected chi connectivity index (χ4v) is 1.50. The fourth-order valence-electron chi connectivity index (χ4n) is 1.50. The summed E-state index contributed by atoms with van der Waals surface area (Å²) in [5, 5.41) is 0. The molecule has 2 aromatic rings. The van der Waals surface area contributed by atoms with Gasteiger partial charge < -0.3 is 4.74 Å². The molecule has 0 N–H and O–H groups in total. The van der Waals surface area contributed by atoms with Crippen molar-refractivity contribution in [2.75, 3.05) is 7.11 Å². The Morgan fingerprint density at radius 2 is 2.00 bits per heavy atom. The molecule has 0 spiro atoms. The molecule has 0 unspecified atom stereocenters. The second-order valence-corrected chi connectivity index (χ2v) is 3.71. The molecule has 0 radical (unpaired) electrons. The lowest BCUT2D eigenvalue weighted by molar-refractivity contribution is 0.104. The summed E-state index contributed by atoms with van der Waals surface area (Å²) in [5.41, 5.74) is 1.54. The molecule has 2 rings (SSSR count). The lowest BCUT2D eigenvalue weighted by atomic mass is 10.1. The highest BCUT2D eigenvalue weighted by atomic mass is 16.5. The Kier molecular flexibility index (Phi) is 3.86. The first kappa shape index (κ1) is 12.0. The Morgan fingerprint density at radius 1 is 1.22 bits per heavy atom. The molecule has 0 amide bonds. The monoisotopic (exact) mass is 239 g/mol. The van der Waals surface area contributed by atoms with Crippen LogP contribution in [0.5, 0.6) is 5.75 Å². The number of ketones is 1. The summed E-state index contributed by atoms with van der Waals surface area (Å²) in [6.45, 7) is 0. The second-order valence-electron chi connectivity index (χ2n) is 3.71. The summed E-state index contributed by atoms with van der Waals surface area (Å²) in [6.07, 6.45) is 6.69. The van der Waals surface area contributed by atoms with E-state index in [4.69, 9.17) is 4.74 Å². The predicted octanol–water partition coefficient (Wildman–Crippen LogP) is 2.99. The summed E-state index contributed by atoms with van der Waals surface area (Å²) in [4.78, 5) is 15.8. The zero-order valence-corrected chi connectivity index (χ0v) is 10.0. The van der Waals surface area contributed by atoms with Gasteiger partial charge in [-0.1, -0.05) is 6.07 Å². The number of nitrogens with zero attached hydrogens (tertiary/aromatic N) is 1. The van der Waals surface area contributed by atoms with Gasteiger partial charge in [-0.2, -0.15) is 0 Å². The van der Waals surface area contributed by atoms with E-state index in [0.717, 1.165) is 11.3 Å². The van der Waals surface area contributed by atoms with Crippen LogP contribution in [-0.4, -0.2) is 17.9 Å². The Morgan fingerprint density at radius 3 is 2.61 bits per heavy atom. The lowest BCUT2D eigenvalue weighted by Crippen LogP contribution is -1.94. The van der Waals surface area contributed by atoms with Crippen LogP contribution >= 0.6 is 0 Å². The van der Waals surface area contributed by atoms with Crippen molar-refractivity contribution in [2.45, 2.75) is 0 Å². The van der Waals surface area contributed by atoms with Gasteiger partial charge in [0.05, 0.1) is 7.11 Å². The molecule has 0 saturated heterocycles. The molecule has 0 aliphatic rings. The molecule has 0 fully saturated rings. The van der Waals surface area contributed by atoms with Crippen molar-refractivity contribution >= 4 is 11.9 Å². The van der Waals surface area contributed by atoms with Gasteiger partial charge in [-0.05, 0) is 48.0 Å². The molecule has 18 heavy (non-hydrogen) atoms. The molecule has 0 aliphatic heterocycles. The molecular formula is C15H13NO2. The number of hydrogen-bond donors (Lipinski definition) is 0. The summed E-state index contributed by atoms with van der Waals surface area (Å²) in [7, 11) is 1.60. The van der Waals surface area contributed by atoms with Crippen molar-refractivity contribution in [3.8, 4) is 5.75 Å². The SMILES string of the molecule is COc1ccc(C(=O)/C=C\c2cccnc2)cc1. The highest BCUT2D eigenvalue weighted by molar-refractivity contribution is 6.06. The number of ether oxygens (including phenoxy) is 1. The van der Waals surface area contributed by atoms with Crippen LogP contribution < -0.4 is 4.74 Å². The molecule has 3 heteroatoms. The van der Waals surface area contributed by atoms with E-state index in [1.165, 1.54) is 0 Å². The first-order valence-corrected chi connectivity index (χ1v) is 5.56. The van der Waals surface area contributed by atoms with Crippen LogP contribution in [-0.2, 0) is 0 Å². The zero-order chi connectivity index (χ0) is 12.8. The van der Waals surface area contributed by atoms with E-state index in [-0.39, 0.29) is 5.78 Å². The summed E-state index contributed by atoms with van der Waals surface area (Å²) >= 11 is 0.